The number of unbranched alkanes of at least 4 members (excludes halogenated alkanes) is 1. The molecule has 172 valence electrons. The number of ketones is 1. The molecule has 0 fully saturated rings. The lowest BCUT2D eigenvalue weighted by molar-refractivity contribution is -0.117. The molecular formula is C20H24N4O8. The van der Waals surface area contributed by atoms with E-state index in [-0.39, 0.29) is 22.6 Å². The van der Waals surface area contributed by atoms with E-state index in [0.717, 1.165) is 12.1 Å². The molecule has 0 amide bonds. The number of aromatic hydroxyl groups is 3. The van der Waals surface area contributed by atoms with Crippen LogP contribution in [0.3, 0.4) is 0 Å². The van der Waals surface area contributed by atoms with Gasteiger partial charge in [-0.25, -0.2) is 14.6 Å². The van der Waals surface area contributed by atoms with Crippen LogP contribution in [-0.2, 0) is 25.4 Å². The topological polar surface area (TPSA) is 177 Å². The average Bonchev–Trinajstić information content (AvgIpc) is 3.11. The maximum absolute atomic E-state index is 12.3. The number of phenols is 3. The molecule has 0 aliphatic carbocycles. The third kappa shape index (κ3) is 5.14. The third-order valence-electron chi connectivity index (χ3n) is 4.68. The lowest BCUT2D eigenvalue weighted by Gasteiger charge is -2.08. The standard InChI is InChI=1S/C13H18N4O3.C7H6O5/c1-9(18)6-4-5-7-17-12(19)10-11(14-8-15(10)2)16(3)13(17)20;8-4-1-3(7(11)12)2-5(9)6(4)10/h8H,4-7H2,1-3H3;1-2,8-10H,(H,11,12). The smallest absolute Gasteiger partial charge is 0.335 e. The van der Waals surface area contributed by atoms with Crippen molar-refractivity contribution in [2.45, 2.75) is 32.7 Å². The first-order chi connectivity index (χ1) is 15.0. The van der Waals surface area contributed by atoms with E-state index >= 15 is 0 Å². The molecule has 0 radical (unpaired) electrons. The van der Waals surface area contributed by atoms with E-state index in [4.69, 9.17) is 20.4 Å². The van der Waals surface area contributed by atoms with Gasteiger partial charge in [-0.15, -0.1) is 0 Å². The van der Waals surface area contributed by atoms with Gasteiger partial charge in [0.15, 0.2) is 28.4 Å². The highest BCUT2D eigenvalue weighted by Gasteiger charge is 2.14. The largest absolute Gasteiger partial charge is 0.504 e. The number of rotatable bonds is 6. The summed E-state index contributed by atoms with van der Waals surface area (Å²) in [6.07, 6.45) is 3.29. The number of Topliss-reactive ketones (excluding diaryl/α,β-unsaturated/α-hetero) is 1. The molecule has 12 nitrogen and oxygen atoms in total. The number of hydrogen-bond acceptors (Lipinski definition) is 8. The zero-order chi connectivity index (χ0) is 24.2. The summed E-state index contributed by atoms with van der Waals surface area (Å²) in [5, 5.41) is 35.0. The Kier molecular flexibility index (Phi) is 7.41. The van der Waals surface area contributed by atoms with Gasteiger partial charge in [-0.3, -0.25) is 13.9 Å². The number of aromatic nitrogens is 4. The van der Waals surface area contributed by atoms with Crippen LogP contribution in [0.4, 0.5) is 0 Å². The van der Waals surface area contributed by atoms with Crippen LogP contribution >= 0.6 is 0 Å². The number of imidazole rings is 1. The van der Waals surface area contributed by atoms with Gasteiger partial charge < -0.3 is 29.8 Å². The van der Waals surface area contributed by atoms with Gasteiger partial charge in [0.05, 0.1) is 11.9 Å². The van der Waals surface area contributed by atoms with Crippen LogP contribution in [-0.4, -0.2) is 50.9 Å². The van der Waals surface area contributed by atoms with E-state index in [1.165, 1.54) is 22.4 Å². The van der Waals surface area contributed by atoms with Gasteiger partial charge in [0.25, 0.3) is 5.56 Å². The Hall–Kier alpha value is -4.09. The second-order valence-electron chi connectivity index (χ2n) is 7.15. The molecule has 3 aromatic rings. The first-order valence-corrected chi connectivity index (χ1v) is 9.54. The van der Waals surface area contributed by atoms with Crippen LogP contribution in [0.1, 0.15) is 36.5 Å². The average molecular weight is 448 g/mol. The van der Waals surface area contributed by atoms with Crippen molar-refractivity contribution in [1.29, 1.82) is 0 Å². The molecule has 12 heteroatoms. The van der Waals surface area contributed by atoms with Crippen molar-refractivity contribution in [2.75, 3.05) is 0 Å². The number of phenolic OH excluding ortho intramolecular Hbond substituents is 3. The Labute approximate surface area is 181 Å². The normalized spacial score (nSPS) is 10.6. The molecule has 0 unspecified atom stereocenters. The lowest BCUT2D eigenvalue weighted by Crippen LogP contribution is -2.39. The van der Waals surface area contributed by atoms with Crippen LogP contribution in [0, 0.1) is 0 Å². The number of aryl methyl sites for hydroxylation is 2. The second kappa shape index (κ2) is 9.81. The predicted molar refractivity (Wildman–Crippen MR) is 113 cm³/mol. The van der Waals surface area contributed by atoms with E-state index in [0.29, 0.717) is 37.0 Å². The molecule has 2 heterocycles. The van der Waals surface area contributed by atoms with Crippen molar-refractivity contribution in [3.63, 3.8) is 0 Å². The molecule has 4 N–H and O–H groups in total. The van der Waals surface area contributed by atoms with E-state index in [9.17, 15) is 19.2 Å². The van der Waals surface area contributed by atoms with Crippen LogP contribution < -0.4 is 11.2 Å². The van der Waals surface area contributed by atoms with Gasteiger partial charge in [-0.05, 0) is 31.9 Å². The van der Waals surface area contributed by atoms with Gasteiger partial charge in [0, 0.05) is 27.1 Å². The van der Waals surface area contributed by atoms with Crippen molar-refractivity contribution in [3.05, 3.63) is 44.9 Å². The zero-order valence-corrected chi connectivity index (χ0v) is 17.8. The Balaban J connectivity index is 0.000000258. The van der Waals surface area contributed by atoms with Gasteiger partial charge >= 0.3 is 11.7 Å². The Morgan fingerprint density at radius 2 is 1.62 bits per heavy atom. The summed E-state index contributed by atoms with van der Waals surface area (Å²) in [6.45, 7) is 1.85. The van der Waals surface area contributed by atoms with Gasteiger partial charge in [0.1, 0.15) is 5.78 Å². The minimum Gasteiger partial charge on any atom is -0.504 e. The summed E-state index contributed by atoms with van der Waals surface area (Å²) in [5.74, 6) is -3.22. The summed E-state index contributed by atoms with van der Waals surface area (Å²) < 4.78 is 4.20. The SMILES string of the molecule is CC(=O)CCCCn1c(=O)c2c(ncn2C)n(C)c1=O.O=C(O)c1cc(O)c(O)c(O)c1. The summed E-state index contributed by atoms with van der Waals surface area (Å²) in [4.78, 5) is 49.7. The Morgan fingerprint density at radius 1 is 1.03 bits per heavy atom. The number of carbonyl (C=O) groups is 2. The number of nitrogens with zero attached hydrogens (tertiary/aromatic N) is 4. The first kappa shape index (κ1) is 24.2. The van der Waals surface area contributed by atoms with Crippen molar-refractivity contribution in [3.8, 4) is 17.2 Å². The highest BCUT2D eigenvalue weighted by Crippen LogP contribution is 2.35. The van der Waals surface area contributed by atoms with Gasteiger partial charge in [-0.2, -0.15) is 0 Å². The summed E-state index contributed by atoms with van der Waals surface area (Å²) in [6, 6.07) is 1.69. The third-order valence-corrected chi connectivity index (χ3v) is 4.68. The highest BCUT2D eigenvalue weighted by molar-refractivity contribution is 5.89. The van der Waals surface area contributed by atoms with E-state index in [1.807, 2.05) is 0 Å². The first-order valence-electron chi connectivity index (χ1n) is 9.54. The molecule has 0 aliphatic heterocycles. The number of fused-ring (bicyclic) bond motifs is 1. The molecule has 0 atom stereocenters. The molecule has 2 aromatic heterocycles. The number of carboxylic acid groups (broad SMARTS) is 1. The van der Waals surface area contributed by atoms with Crippen molar-refractivity contribution >= 4 is 22.9 Å². The van der Waals surface area contributed by atoms with Crippen LogP contribution in [0.15, 0.2) is 28.0 Å². The van der Waals surface area contributed by atoms with Crippen molar-refractivity contribution in [2.24, 2.45) is 14.1 Å². The maximum Gasteiger partial charge on any atom is 0.335 e. The number of aromatic carboxylic acids is 1. The maximum atomic E-state index is 12.3. The summed E-state index contributed by atoms with van der Waals surface area (Å²) >= 11 is 0. The lowest BCUT2D eigenvalue weighted by atomic mass is 10.2. The van der Waals surface area contributed by atoms with Crippen molar-refractivity contribution < 1.29 is 30.0 Å². The van der Waals surface area contributed by atoms with Crippen LogP contribution in [0.5, 0.6) is 17.2 Å². The van der Waals surface area contributed by atoms with Gasteiger partial charge in [0.2, 0.25) is 0 Å². The summed E-state index contributed by atoms with van der Waals surface area (Å²) in [5.41, 5.74) is -0.182. The van der Waals surface area contributed by atoms with Crippen LogP contribution in [0.25, 0.3) is 11.2 Å². The number of carboxylic acids is 1. The fourth-order valence-corrected chi connectivity index (χ4v) is 2.96. The zero-order valence-electron chi connectivity index (χ0n) is 17.8. The monoisotopic (exact) mass is 448 g/mol. The minimum atomic E-state index is -1.29. The quantitative estimate of drug-likeness (QED) is 0.312. The van der Waals surface area contributed by atoms with E-state index in [1.54, 1.807) is 18.7 Å². The molecule has 0 aliphatic rings. The molecule has 0 saturated carbocycles. The second-order valence-corrected chi connectivity index (χ2v) is 7.15. The van der Waals surface area contributed by atoms with Crippen LogP contribution in [0.2, 0.25) is 0 Å². The number of carbonyl (C=O) groups excluding carboxylic acids is 1. The molecular weight excluding hydrogens is 424 g/mol. The number of benzene rings is 1. The predicted octanol–water partition coefficient (Wildman–Crippen LogP) is 0.695. The van der Waals surface area contributed by atoms with Crippen molar-refractivity contribution in [1.82, 2.24) is 18.7 Å². The molecule has 0 saturated heterocycles. The minimum absolute atomic E-state index is 0.118. The molecule has 0 spiro atoms. The molecule has 1 aromatic carbocycles. The van der Waals surface area contributed by atoms with E-state index in [2.05, 4.69) is 4.98 Å². The van der Waals surface area contributed by atoms with Gasteiger partial charge in [-0.1, -0.05) is 0 Å². The Bertz CT molecular complexity index is 1260. The molecule has 3 rings (SSSR count). The highest BCUT2D eigenvalue weighted by atomic mass is 16.4. The fourth-order valence-electron chi connectivity index (χ4n) is 2.96. The number of hydrogen-bond donors (Lipinski definition) is 4. The molecule has 0 bridgehead atoms. The summed E-state index contributed by atoms with van der Waals surface area (Å²) in [7, 11) is 3.32. The Morgan fingerprint density at radius 3 is 2.16 bits per heavy atom. The fraction of sp³-hybridized carbons (Fsp3) is 0.350. The molecule has 32 heavy (non-hydrogen) atoms. The van der Waals surface area contributed by atoms with E-state index < -0.39 is 23.2 Å².